The maximum atomic E-state index is 11.9. The van der Waals surface area contributed by atoms with Crippen LogP contribution in [-0.2, 0) is 17.9 Å². The number of pyridine rings is 1. The van der Waals surface area contributed by atoms with Gasteiger partial charge in [0.2, 0.25) is 5.91 Å². The van der Waals surface area contributed by atoms with Crippen LogP contribution in [0.2, 0.25) is 0 Å². The van der Waals surface area contributed by atoms with Gasteiger partial charge in [-0.1, -0.05) is 48.0 Å². The van der Waals surface area contributed by atoms with E-state index >= 15 is 0 Å². The van der Waals surface area contributed by atoms with Crippen molar-refractivity contribution >= 4 is 22.9 Å². The zero-order valence-corrected chi connectivity index (χ0v) is 15.1. The number of benzene rings is 2. The summed E-state index contributed by atoms with van der Waals surface area (Å²) in [5.74, 6) is -0.666. The van der Waals surface area contributed by atoms with Crippen LogP contribution >= 0.6 is 0 Å². The minimum atomic E-state index is -0.666. The van der Waals surface area contributed by atoms with Crippen LogP contribution in [0.1, 0.15) is 27.2 Å². The predicted octanol–water partition coefficient (Wildman–Crippen LogP) is 4.42. The lowest BCUT2D eigenvalue weighted by Gasteiger charge is -2.08. The van der Waals surface area contributed by atoms with Gasteiger partial charge in [-0.3, -0.25) is 9.78 Å². The highest BCUT2D eigenvalue weighted by molar-refractivity contribution is 6.06. The van der Waals surface area contributed by atoms with Crippen molar-refractivity contribution in [1.82, 2.24) is 10.3 Å². The van der Waals surface area contributed by atoms with E-state index in [1.54, 1.807) is 30.3 Å². The predicted molar refractivity (Wildman–Crippen MR) is 103 cm³/mol. The molecule has 3 rings (SSSR count). The Morgan fingerprint density at radius 3 is 2.68 bits per heavy atom. The fourth-order valence-corrected chi connectivity index (χ4v) is 2.62. The average molecular weight is 375 g/mol. The fourth-order valence-electron chi connectivity index (χ4n) is 2.62. The highest BCUT2D eigenvalue weighted by atomic mass is 16.5. The minimum Gasteiger partial charge on any atom is -0.445 e. The Morgan fingerprint density at radius 1 is 1.14 bits per heavy atom. The third-order valence-corrected chi connectivity index (χ3v) is 4.06. The van der Waals surface area contributed by atoms with Crippen molar-refractivity contribution in [2.45, 2.75) is 20.1 Å². The summed E-state index contributed by atoms with van der Waals surface area (Å²) >= 11 is 0. The normalized spacial score (nSPS) is 10.2. The van der Waals surface area contributed by atoms with Crippen LogP contribution in [0.4, 0.5) is 4.79 Å². The lowest BCUT2D eigenvalue weighted by atomic mass is 10.1. The second-order valence-corrected chi connectivity index (χ2v) is 6.08. The number of alkyl carbamates (subject to hydrolysis) is 1. The van der Waals surface area contributed by atoms with Crippen LogP contribution in [0.25, 0.3) is 21.3 Å². The summed E-state index contributed by atoms with van der Waals surface area (Å²) in [7, 11) is 0. The van der Waals surface area contributed by atoms with Crippen molar-refractivity contribution in [3.05, 3.63) is 87.4 Å². The molecule has 0 unspecified atom stereocenters. The molecule has 0 fully saturated rings. The summed E-state index contributed by atoms with van der Waals surface area (Å²) in [5.41, 5.74) is 11.9. The maximum absolute atomic E-state index is 11.9. The first-order valence-electron chi connectivity index (χ1n) is 8.51. The molecule has 1 N–H and O–H groups in total. The molecule has 0 atom stereocenters. The number of amides is 2. The Balaban J connectivity index is 1.62. The number of fused-ring (bicyclic) bond motifs is 1. The SMILES string of the molecule is Cc1ccc(COC(=O)NCc2ccc3c(C(=O)N=[N+]=[N-])cccc3n2)cc1. The van der Waals surface area contributed by atoms with E-state index in [9.17, 15) is 9.59 Å². The maximum Gasteiger partial charge on any atom is 0.407 e. The Kier molecular flexibility index (Phi) is 5.84. The van der Waals surface area contributed by atoms with Crippen molar-refractivity contribution in [2.75, 3.05) is 0 Å². The number of nitrogens with zero attached hydrogens (tertiary/aromatic N) is 4. The fraction of sp³-hybridized carbons (Fsp3) is 0.150. The van der Waals surface area contributed by atoms with E-state index in [2.05, 4.69) is 20.3 Å². The lowest BCUT2D eigenvalue weighted by Crippen LogP contribution is -2.24. The number of aromatic nitrogens is 1. The molecular weight excluding hydrogens is 358 g/mol. The van der Waals surface area contributed by atoms with Crippen molar-refractivity contribution in [3.8, 4) is 0 Å². The Morgan fingerprint density at radius 2 is 1.93 bits per heavy atom. The number of azide groups is 1. The molecule has 2 amide bonds. The van der Waals surface area contributed by atoms with E-state index < -0.39 is 12.0 Å². The molecule has 140 valence electrons. The van der Waals surface area contributed by atoms with Crippen molar-refractivity contribution in [3.63, 3.8) is 0 Å². The third-order valence-electron chi connectivity index (χ3n) is 4.06. The first-order valence-corrected chi connectivity index (χ1v) is 8.51. The molecule has 0 saturated carbocycles. The first-order chi connectivity index (χ1) is 13.6. The largest absolute Gasteiger partial charge is 0.445 e. The number of rotatable bonds is 5. The highest BCUT2D eigenvalue weighted by Crippen LogP contribution is 2.19. The topological polar surface area (TPSA) is 117 Å². The van der Waals surface area contributed by atoms with E-state index in [0.29, 0.717) is 16.6 Å². The van der Waals surface area contributed by atoms with Gasteiger partial charge in [0, 0.05) is 15.9 Å². The van der Waals surface area contributed by atoms with Crippen molar-refractivity contribution in [1.29, 1.82) is 0 Å². The van der Waals surface area contributed by atoms with E-state index in [1.165, 1.54) is 0 Å². The van der Waals surface area contributed by atoms with Gasteiger partial charge in [-0.2, -0.15) is 0 Å². The molecule has 0 bridgehead atoms. The van der Waals surface area contributed by atoms with E-state index in [4.69, 9.17) is 10.3 Å². The van der Waals surface area contributed by atoms with Crippen LogP contribution in [0.15, 0.2) is 59.7 Å². The van der Waals surface area contributed by atoms with E-state index in [1.807, 2.05) is 31.2 Å². The quantitative estimate of drug-likeness (QED) is 0.403. The Hall–Kier alpha value is -3.90. The third kappa shape index (κ3) is 4.63. The van der Waals surface area contributed by atoms with Gasteiger partial charge in [-0.15, -0.1) is 0 Å². The van der Waals surface area contributed by atoms with Crippen LogP contribution in [0.3, 0.4) is 0 Å². The van der Waals surface area contributed by atoms with Crippen LogP contribution in [0, 0.1) is 6.92 Å². The van der Waals surface area contributed by atoms with Gasteiger partial charge in [0.05, 0.1) is 17.8 Å². The van der Waals surface area contributed by atoms with Gasteiger partial charge in [0.1, 0.15) is 6.61 Å². The molecule has 8 heteroatoms. The number of nitrogens with one attached hydrogen (secondary N) is 1. The van der Waals surface area contributed by atoms with Gasteiger partial charge in [0.25, 0.3) is 0 Å². The number of carbonyl (C=O) groups is 2. The Bertz CT molecular complexity index is 1070. The molecule has 1 aromatic heterocycles. The minimum absolute atomic E-state index is 0.178. The summed E-state index contributed by atoms with van der Waals surface area (Å²) < 4.78 is 5.19. The molecule has 2 aromatic carbocycles. The molecule has 0 aliphatic heterocycles. The van der Waals surface area contributed by atoms with Crippen LogP contribution in [0.5, 0.6) is 0 Å². The number of carbonyl (C=O) groups excluding carboxylic acids is 2. The summed E-state index contributed by atoms with van der Waals surface area (Å²) in [4.78, 5) is 30.7. The average Bonchev–Trinajstić information content (AvgIpc) is 2.71. The first kappa shape index (κ1) is 18.9. The molecule has 28 heavy (non-hydrogen) atoms. The molecule has 0 saturated heterocycles. The van der Waals surface area contributed by atoms with E-state index in [0.717, 1.165) is 11.1 Å². The number of aryl methyl sites for hydroxylation is 1. The number of hydrogen-bond acceptors (Lipinski definition) is 4. The second-order valence-electron chi connectivity index (χ2n) is 6.08. The second kappa shape index (κ2) is 8.66. The van der Waals surface area contributed by atoms with Gasteiger partial charge < -0.3 is 10.1 Å². The molecule has 0 spiro atoms. The number of hydrogen-bond donors (Lipinski definition) is 1. The zero-order valence-electron chi connectivity index (χ0n) is 15.1. The van der Waals surface area contributed by atoms with Gasteiger partial charge in [0.15, 0.2) is 0 Å². The molecular formula is C20H17N5O3. The standard InChI is InChI=1S/C20H17N5O3/c1-13-5-7-14(8-6-13)12-28-20(27)22-11-15-9-10-16-17(19(26)24-25-21)3-2-4-18(16)23-15/h2-10H,11-12H2,1H3,(H,22,27). The highest BCUT2D eigenvalue weighted by Gasteiger charge is 2.10. The van der Waals surface area contributed by atoms with Crippen molar-refractivity contribution < 1.29 is 14.3 Å². The molecule has 0 radical (unpaired) electrons. The molecule has 0 aliphatic rings. The molecule has 3 aromatic rings. The summed E-state index contributed by atoms with van der Waals surface area (Å²) in [6.07, 6.45) is -0.547. The van der Waals surface area contributed by atoms with E-state index in [-0.39, 0.29) is 18.7 Å². The Labute approximate surface area is 160 Å². The monoisotopic (exact) mass is 375 g/mol. The van der Waals surface area contributed by atoms with Gasteiger partial charge in [-0.05, 0) is 35.3 Å². The summed E-state index contributed by atoms with van der Waals surface area (Å²) in [6, 6.07) is 16.1. The summed E-state index contributed by atoms with van der Waals surface area (Å²) in [6.45, 7) is 2.35. The smallest absolute Gasteiger partial charge is 0.407 e. The molecule has 1 heterocycles. The molecule has 8 nitrogen and oxygen atoms in total. The molecule has 0 aliphatic carbocycles. The zero-order chi connectivity index (χ0) is 19.9. The van der Waals surface area contributed by atoms with Gasteiger partial charge >= 0.3 is 6.09 Å². The lowest BCUT2D eigenvalue weighted by molar-refractivity contribution is 0.100. The van der Waals surface area contributed by atoms with Crippen LogP contribution < -0.4 is 5.32 Å². The van der Waals surface area contributed by atoms with Crippen LogP contribution in [-0.4, -0.2) is 17.0 Å². The summed E-state index contributed by atoms with van der Waals surface area (Å²) in [5, 5.41) is 6.34. The number of ether oxygens (including phenoxy) is 1. The van der Waals surface area contributed by atoms with Crippen molar-refractivity contribution in [2.24, 2.45) is 5.11 Å². The van der Waals surface area contributed by atoms with Gasteiger partial charge in [-0.25, -0.2) is 4.79 Å².